The summed E-state index contributed by atoms with van der Waals surface area (Å²) in [4.78, 5) is 32.7. The Bertz CT molecular complexity index is 1020. The number of aromatic amines is 1. The minimum atomic E-state index is 0.0348. The number of nitrogens with zero attached hydrogens (tertiary/aromatic N) is 3. The van der Waals surface area contributed by atoms with Gasteiger partial charge in [0.2, 0.25) is 0 Å². The lowest BCUT2D eigenvalue weighted by atomic mass is 10.1. The summed E-state index contributed by atoms with van der Waals surface area (Å²) in [6.45, 7) is 6.08. The lowest BCUT2D eigenvalue weighted by Crippen LogP contribution is -2.50. The standard InChI is InChI=1S/C21H24N4O2/c1-14-12-17(15(2)22-14)20(26)24-8-10-25(11-9-24)21(27)18-13-23(3)19-7-5-4-6-16(18)19/h4-7,12-13,22H,8-11H2,1-3H3. The number of nitrogens with one attached hydrogen (secondary N) is 1. The van der Waals surface area contributed by atoms with Crippen LogP contribution in [0.1, 0.15) is 32.1 Å². The Morgan fingerprint density at radius 1 is 0.926 bits per heavy atom. The molecular formula is C21H24N4O2. The topological polar surface area (TPSA) is 61.3 Å². The molecule has 0 spiro atoms. The van der Waals surface area contributed by atoms with Crippen LogP contribution in [0, 0.1) is 13.8 Å². The Morgan fingerprint density at radius 3 is 2.11 bits per heavy atom. The van der Waals surface area contributed by atoms with Crippen molar-refractivity contribution in [2.24, 2.45) is 7.05 Å². The number of aryl methyl sites for hydroxylation is 3. The SMILES string of the molecule is Cc1cc(C(=O)N2CCN(C(=O)c3cn(C)c4ccccc34)CC2)c(C)[nH]1. The summed E-state index contributed by atoms with van der Waals surface area (Å²) in [5, 5.41) is 0.974. The van der Waals surface area contributed by atoms with Gasteiger partial charge in [-0.3, -0.25) is 9.59 Å². The molecule has 1 saturated heterocycles. The molecule has 2 amide bonds. The summed E-state index contributed by atoms with van der Waals surface area (Å²) >= 11 is 0. The summed E-state index contributed by atoms with van der Waals surface area (Å²) in [5.74, 6) is 0.0710. The molecule has 2 aromatic heterocycles. The van der Waals surface area contributed by atoms with Crippen molar-refractivity contribution in [1.82, 2.24) is 19.4 Å². The number of amides is 2. The van der Waals surface area contributed by atoms with E-state index in [1.165, 1.54) is 0 Å². The van der Waals surface area contributed by atoms with Crippen molar-refractivity contribution in [3.63, 3.8) is 0 Å². The van der Waals surface area contributed by atoms with Crippen molar-refractivity contribution >= 4 is 22.7 Å². The monoisotopic (exact) mass is 364 g/mol. The first kappa shape index (κ1) is 17.4. The normalized spacial score (nSPS) is 14.8. The lowest BCUT2D eigenvalue weighted by molar-refractivity contribution is 0.0536. The van der Waals surface area contributed by atoms with Crippen molar-refractivity contribution < 1.29 is 9.59 Å². The van der Waals surface area contributed by atoms with Crippen LogP contribution in [-0.4, -0.2) is 57.3 Å². The average molecular weight is 364 g/mol. The molecule has 0 radical (unpaired) electrons. The van der Waals surface area contributed by atoms with Crippen LogP contribution < -0.4 is 0 Å². The summed E-state index contributed by atoms with van der Waals surface area (Å²) in [7, 11) is 1.96. The van der Waals surface area contributed by atoms with Crippen molar-refractivity contribution in [3.8, 4) is 0 Å². The number of aromatic nitrogens is 2. The highest BCUT2D eigenvalue weighted by Gasteiger charge is 2.28. The highest BCUT2D eigenvalue weighted by Crippen LogP contribution is 2.22. The fourth-order valence-corrected chi connectivity index (χ4v) is 3.91. The van der Waals surface area contributed by atoms with Gasteiger partial charge in [0.15, 0.2) is 0 Å². The average Bonchev–Trinajstić information content (AvgIpc) is 3.20. The van der Waals surface area contributed by atoms with Crippen LogP contribution in [0.2, 0.25) is 0 Å². The number of para-hydroxylation sites is 1. The van der Waals surface area contributed by atoms with Crippen molar-refractivity contribution in [1.29, 1.82) is 0 Å². The summed E-state index contributed by atoms with van der Waals surface area (Å²) in [5.41, 5.74) is 4.38. The third kappa shape index (κ3) is 3.01. The second-order valence-electron chi connectivity index (χ2n) is 7.25. The second kappa shape index (κ2) is 6.61. The predicted octanol–water partition coefficient (Wildman–Crippen LogP) is 2.72. The Morgan fingerprint density at radius 2 is 1.52 bits per heavy atom. The summed E-state index contributed by atoms with van der Waals surface area (Å²) < 4.78 is 1.99. The third-order valence-electron chi connectivity index (χ3n) is 5.36. The zero-order valence-corrected chi connectivity index (χ0v) is 16.0. The fourth-order valence-electron chi connectivity index (χ4n) is 3.91. The number of benzene rings is 1. The second-order valence-corrected chi connectivity index (χ2v) is 7.25. The lowest BCUT2D eigenvalue weighted by Gasteiger charge is -2.34. The fraction of sp³-hybridized carbons (Fsp3) is 0.333. The number of H-pyrrole nitrogens is 1. The quantitative estimate of drug-likeness (QED) is 0.760. The molecule has 1 fully saturated rings. The van der Waals surface area contributed by atoms with E-state index in [0.717, 1.165) is 33.4 Å². The van der Waals surface area contributed by atoms with Crippen LogP contribution in [0.5, 0.6) is 0 Å². The van der Waals surface area contributed by atoms with E-state index in [0.29, 0.717) is 26.2 Å². The predicted molar refractivity (Wildman–Crippen MR) is 105 cm³/mol. The number of fused-ring (bicyclic) bond motifs is 1. The molecule has 1 aliphatic rings. The van der Waals surface area contributed by atoms with Crippen LogP contribution in [0.25, 0.3) is 10.9 Å². The number of hydrogen-bond donors (Lipinski definition) is 1. The van der Waals surface area contributed by atoms with Gasteiger partial charge in [0.1, 0.15) is 0 Å². The van der Waals surface area contributed by atoms with Crippen LogP contribution >= 0.6 is 0 Å². The summed E-state index contributed by atoms with van der Waals surface area (Å²) in [6, 6.07) is 9.83. The number of piperazine rings is 1. The third-order valence-corrected chi connectivity index (χ3v) is 5.36. The van der Waals surface area contributed by atoms with Gasteiger partial charge in [-0.05, 0) is 26.0 Å². The Hall–Kier alpha value is -3.02. The molecule has 0 atom stereocenters. The van der Waals surface area contributed by atoms with Gasteiger partial charge < -0.3 is 19.4 Å². The van der Waals surface area contributed by atoms with Crippen LogP contribution in [0.15, 0.2) is 36.5 Å². The van der Waals surface area contributed by atoms with Crippen LogP contribution in [0.4, 0.5) is 0 Å². The van der Waals surface area contributed by atoms with Gasteiger partial charge in [-0.15, -0.1) is 0 Å². The van der Waals surface area contributed by atoms with E-state index in [4.69, 9.17) is 0 Å². The van der Waals surface area contributed by atoms with E-state index in [2.05, 4.69) is 4.98 Å². The van der Waals surface area contributed by atoms with Crippen molar-refractivity contribution in [2.45, 2.75) is 13.8 Å². The molecule has 4 rings (SSSR count). The van der Waals surface area contributed by atoms with Gasteiger partial charge in [0.25, 0.3) is 11.8 Å². The zero-order chi connectivity index (χ0) is 19.1. The maximum absolute atomic E-state index is 13.0. The first-order chi connectivity index (χ1) is 13.0. The highest BCUT2D eigenvalue weighted by atomic mass is 16.2. The Labute approximate surface area is 158 Å². The smallest absolute Gasteiger partial charge is 0.256 e. The van der Waals surface area contributed by atoms with Gasteiger partial charge in [-0.1, -0.05) is 18.2 Å². The van der Waals surface area contributed by atoms with E-state index < -0.39 is 0 Å². The van der Waals surface area contributed by atoms with E-state index in [-0.39, 0.29) is 11.8 Å². The maximum atomic E-state index is 13.0. The van der Waals surface area contributed by atoms with E-state index in [1.54, 1.807) is 0 Å². The van der Waals surface area contributed by atoms with Gasteiger partial charge in [0, 0.05) is 61.7 Å². The van der Waals surface area contributed by atoms with Crippen molar-refractivity contribution in [3.05, 3.63) is 59.0 Å². The van der Waals surface area contributed by atoms with Gasteiger partial charge in [-0.25, -0.2) is 0 Å². The first-order valence-electron chi connectivity index (χ1n) is 9.24. The van der Waals surface area contributed by atoms with E-state index in [1.807, 2.05) is 71.8 Å². The highest BCUT2D eigenvalue weighted by molar-refractivity contribution is 6.07. The molecule has 0 aliphatic carbocycles. The molecule has 0 unspecified atom stereocenters. The number of carbonyl (C=O) groups excluding carboxylic acids is 2. The maximum Gasteiger partial charge on any atom is 0.256 e. The first-order valence-corrected chi connectivity index (χ1v) is 9.24. The molecule has 3 aromatic rings. The molecule has 0 saturated carbocycles. The van der Waals surface area contributed by atoms with E-state index in [9.17, 15) is 9.59 Å². The van der Waals surface area contributed by atoms with Gasteiger partial charge >= 0.3 is 0 Å². The Kier molecular flexibility index (Phi) is 4.26. The molecule has 0 bridgehead atoms. The molecule has 140 valence electrons. The molecule has 1 N–H and O–H groups in total. The molecule has 1 aliphatic heterocycles. The van der Waals surface area contributed by atoms with Crippen molar-refractivity contribution in [2.75, 3.05) is 26.2 Å². The minimum Gasteiger partial charge on any atom is -0.362 e. The molecular weight excluding hydrogens is 340 g/mol. The van der Waals surface area contributed by atoms with Gasteiger partial charge in [-0.2, -0.15) is 0 Å². The Balaban J connectivity index is 1.48. The number of rotatable bonds is 2. The largest absolute Gasteiger partial charge is 0.362 e. The molecule has 6 nitrogen and oxygen atoms in total. The minimum absolute atomic E-state index is 0.0348. The molecule has 6 heteroatoms. The number of hydrogen-bond acceptors (Lipinski definition) is 2. The summed E-state index contributed by atoms with van der Waals surface area (Å²) in [6.07, 6.45) is 1.90. The molecule has 1 aromatic carbocycles. The zero-order valence-electron chi connectivity index (χ0n) is 16.0. The van der Waals surface area contributed by atoms with Gasteiger partial charge in [0.05, 0.1) is 11.1 Å². The van der Waals surface area contributed by atoms with Crippen LogP contribution in [0.3, 0.4) is 0 Å². The molecule has 27 heavy (non-hydrogen) atoms. The number of carbonyl (C=O) groups is 2. The molecule has 3 heterocycles. The van der Waals surface area contributed by atoms with E-state index >= 15 is 0 Å². The van der Waals surface area contributed by atoms with Crippen LogP contribution in [-0.2, 0) is 7.05 Å².